The molecule has 298 valence electrons. The molecule has 14 rings (SSSR count). The summed E-state index contributed by atoms with van der Waals surface area (Å²) in [7, 11) is 0. The molecule has 0 saturated carbocycles. The van der Waals surface area contributed by atoms with Gasteiger partial charge in [-0.25, -0.2) is 15.0 Å². The summed E-state index contributed by atoms with van der Waals surface area (Å²) in [4.78, 5) is 15.4. The van der Waals surface area contributed by atoms with Gasteiger partial charge < -0.3 is 13.4 Å². The summed E-state index contributed by atoms with van der Waals surface area (Å²) in [5.41, 5.74) is 11.9. The minimum absolute atomic E-state index is 0.610. The normalized spacial score (nSPS) is 12.1. The molecule has 0 aliphatic heterocycles. The van der Waals surface area contributed by atoms with E-state index in [-0.39, 0.29) is 0 Å². The lowest BCUT2D eigenvalue weighted by Crippen LogP contribution is -2.00. The van der Waals surface area contributed by atoms with Crippen LogP contribution in [0.2, 0.25) is 0 Å². The van der Waals surface area contributed by atoms with Gasteiger partial charge in [0, 0.05) is 74.9 Å². The molecule has 9 aromatic carbocycles. The van der Waals surface area contributed by atoms with Crippen molar-refractivity contribution < 1.29 is 8.83 Å². The number of furan rings is 2. The lowest BCUT2D eigenvalue weighted by atomic mass is 10.0. The van der Waals surface area contributed by atoms with Crippen LogP contribution in [0.1, 0.15) is 0 Å². The smallest absolute Gasteiger partial charge is 0.164 e. The molecule has 14 aromatic rings. The molecule has 0 aliphatic carbocycles. The fourth-order valence-corrected chi connectivity index (χ4v) is 10.9. The Morgan fingerprint density at radius 3 is 1.75 bits per heavy atom. The van der Waals surface area contributed by atoms with Gasteiger partial charge in [-0.2, -0.15) is 0 Å². The number of aromatic nitrogens is 4. The highest BCUT2D eigenvalue weighted by molar-refractivity contribution is 7.26. The third-order valence-electron chi connectivity index (χ3n) is 12.7. The van der Waals surface area contributed by atoms with Gasteiger partial charge in [0.2, 0.25) is 0 Å². The van der Waals surface area contributed by atoms with Gasteiger partial charge >= 0.3 is 0 Å². The van der Waals surface area contributed by atoms with Gasteiger partial charge in [-0.15, -0.1) is 11.3 Å². The molecule has 0 spiro atoms. The topological polar surface area (TPSA) is 69.9 Å². The molecule has 0 aliphatic rings. The summed E-state index contributed by atoms with van der Waals surface area (Å²) in [5.74, 6) is 1.87. The van der Waals surface area contributed by atoms with Crippen LogP contribution in [0.25, 0.3) is 137 Å². The Kier molecular flexibility index (Phi) is 7.46. The second-order valence-electron chi connectivity index (χ2n) is 16.3. The summed E-state index contributed by atoms with van der Waals surface area (Å²) in [5, 5.41) is 9.08. The maximum Gasteiger partial charge on any atom is 0.164 e. The van der Waals surface area contributed by atoms with E-state index in [0.717, 1.165) is 88.2 Å². The molecule has 6 nitrogen and oxygen atoms in total. The van der Waals surface area contributed by atoms with E-state index in [4.69, 9.17) is 23.8 Å². The second kappa shape index (κ2) is 13.6. The first-order chi connectivity index (χ1) is 31.7. The molecular formula is C57H32N4O2S. The molecule has 0 atom stereocenters. The van der Waals surface area contributed by atoms with Crippen molar-refractivity contribution in [1.29, 1.82) is 0 Å². The number of rotatable bonds is 5. The molecule has 0 N–H and O–H groups in total. The Balaban J connectivity index is 0.869. The van der Waals surface area contributed by atoms with E-state index < -0.39 is 0 Å². The maximum atomic E-state index is 6.55. The SMILES string of the molecule is c1ccc(-c2nc(-c3ccc4oc5ccccc5c4c3)nc(-c3cccc4sc5cc(-c6ccc7c(c6)oc6ccc(-n8c9ccccc9c9ccccc98)cc67)ccc5c34)n2)cc1. The number of fused-ring (bicyclic) bond motifs is 12. The highest BCUT2D eigenvalue weighted by atomic mass is 32.1. The van der Waals surface area contributed by atoms with Gasteiger partial charge in [-0.05, 0) is 90.0 Å². The lowest BCUT2D eigenvalue weighted by molar-refractivity contribution is 0.668. The van der Waals surface area contributed by atoms with Crippen LogP contribution >= 0.6 is 11.3 Å². The number of nitrogens with zero attached hydrogens (tertiary/aromatic N) is 4. The highest BCUT2D eigenvalue weighted by Crippen LogP contribution is 2.43. The molecular weight excluding hydrogens is 805 g/mol. The predicted octanol–water partition coefficient (Wildman–Crippen LogP) is 15.8. The quantitative estimate of drug-likeness (QED) is 0.173. The zero-order valence-corrected chi connectivity index (χ0v) is 34.8. The number of hydrogen-bond acceptors (Lipinski definition) is 6. The van der Waals surface area contributed by atoms with Crippen molar-refractivity contribution in [2.24, 2.45) is 0 Å². The van der Waals surface area contributed by atoms with E-state index in [0.29, 0.717) is 17.5 Å². The van der Waals surface area contributed by atoms with E-state index in [9.17, 15) is 0 Å². The summed E-state index contributed by atoms with van der Waals surface area (Å²) in [6, 6.07) is 68.0. The first-order valence-electron chi connectivity index (χ1n) is 21.3. The largest absolute Gasteiger partial charge is 0.456 e. The fraction of sp³-hybridized carbons (Fsp3) is 0. The molecule has 5 aromatic heterocycles. The van der Waals surface area contributed by atoms with E-state index in [1.807, 2.05) is 60.7 Å². The summed E-state index contributed by atoms with van der Waals surface area (Å²) < 4.78 is 17.4. The van der Waals surface area contributed by atoms with Crippen LogP contribution in [-0.4, -0.2) is 19.5 Å². The summed E-state index contributed by atoms with van der Waals surface area (Å²) in [6.45, 7) is 0. The Morgan fingerprint density at radius 2 is 0.938 bits per heavy atom. The van der Waals surface area contributed by atoms with Gasteiger partial charge in [0.1, 0.15) is 22.3 Å². The molecule has 64 heavy (non-hydrogen) atoms. The van der Waals surface area contributed by atoms with Gasteiger partial charge in [-0.3, -0.25) is 0 Å². The minimum atomic E-state index is 0.610. The van der Waals surface area contributed by atoms with Crippen LogP contribution in [0, 0.1) is 0 Å². The van der Waals surface area contributed by atoms with Crippen LogP contribution in [0.3, 0.4) is 0 Å². The van der Waals surface area contributed by atoms with Gasteiger partial charge in [-0.1, -0.05) is 115 Å². The van der Waals surface area contributed by atoms with E-state index in [1.54, 1.807) is 11.3 Å². The monoisotopic (exact) mass is 836 g/mol. The van der Waals surface area contributed by atoms with Crippen molar-refractivity contribution >= 4 is 97.2 Å². The zero-order chi connectivity index (χ0) is 41.9. The number of benzene rings is 9. The van der Waals surface area contributed by atoms with E-state index in [2.05, 4.69) is 138 Å². The second-order valence-corrected chi connectivity index (χ2v) is 17.4. The summed E-state index contributed by atoms with van der Waals surface area (Å²) >= 11 is 1.79. The van der Waals surface area contributed by atoms with Crippen molar-refractivity contribution in [3.63, 3.8) is 0 Å². The standard InChI is InChI=1S/C57H32N4O2S/c1-2-11-33(12-3-1)55-58-56(36-23-27-49-44(29-36)40-15-6-9-19-48(40)62-49)60-57(59-55)43-16-10-20-52-54(43)42-26-22-35(31-53(42)64-52)34-21-25-41-45-32-37(24-28-50(45)63-51(41)30-34)61-46-17-7-4-13-38(46)39-14-5-8-18-47(39)61/h1-32H. The molecule has 0 amide bonds. The first-order valence-corrected chi connectivity index (χ1v) is 22.1. The van der Waals surface area contributed by atoms with Crippen LogP contribution in [0.4, 0.5) is 0 Å². The zero-order valence-electron chi connectivity index (χ0n) is 34.0. The Bertz CT molecular complexity index is 4160. The number of para-hydroxylation sites is 3. The molecule has 0 bridgehead atoms. The third kappa shape index (κ3) is 5.35. The van der Waals surface area contributed by atoms with Gasteiger partial charge in [0.05, 0.1) is 11.0 Å². The molecule has 5 heterocycles. The van der Waals surface area contributed by atoms with Gasteiger partial charge in [0.15, 0.2) is 17.5 Å². The van der Waals surface area contributed by atoms with Crippen molar-refractivity contribution in [3.05, 3.63) is 194 Å². The van der Waals surface area contributed by atoms with Gasteiger partial charge in [0.25, 0.3) is 0 Å². The maximum absolute atomic E-state index is 6.55. The van der Waals surface area contributed by atoms with E-state index in [1.165, 1.54) is 31.2 Å². The van der Waals surface area contributed by atoms with Crippen LogP contribution < -0.4 is 0 Å². The third-order valence-corrected chi connectivity index (χ3v) is 13.8. The minimum Gasteiger partial charge on any atom is -0.456 e. The van der Waals surface area contributed by atoms with Crippen molar-refractivity contribution in [3.8, 4) is 51.0 Å². The fourth-order valence-electron chi connectivity index (χ4n) is 9.68. The predicted molar refractivity (Wildman–Crippen MR) is 263 cm³/mol. The molecule has 0 radical (unpaired) electrons. The van der Waals surface area contributed by atoms with Crippen LogP contribution in [0.15, 0.2) is 203 Å². The first kappa shape index (κ1) is 35.2. The van der Waals surface area contributed by atoms with Crippen molar-refractivity contribution in [1.82, 2.24) is 19.5 Å². The Morgan fingerprint density at radius 1 is 0.344 bits per heavy atom. The molecule has 0 unspecified atom stereocenters. The lowest BCUT2D eigenvalue weighted by Gasteiger charge is -2.10. The van der Waals surface area contributed by atoms with Crippen LogP contribution in [0.5, 0.6) is 0 Å². The Labute approximate surface area is 368 Å². The Hall–Kier alpha value is -8.39. The molecule has 0 fully saturated rings. The average molecular weight is 837 g/mol. The molecule has 0 saturated heterocycles. The van der Waals surface area contributed by atoms with Crippen molar-refractivity contribution in [2.45, 2.75) is 0 Å². The van der Waals surface area contributed by atoms with Crippen LogP contribution in [-0.2, 0) is 0 Å². The number of hydrogen-bond donors (Lipinski definition) is 0. The highest BCUT2D eigenvalue weighted by Gasteiger charge is 2.20. The molecule has 7 heteroatoms. The van der Waals surface area contributed by atoms with E-state index >= 15 is 0 Å². The average Bonchev–Trinajstić information content (AvgIpc) is 4.12. The van der Waals surface area contributed by atoms with Crippen molar-refractivity contribution in [2.75, 3.05) is 0 Å². The number of thiophene rings is 1. The summed E-state index contributed by atoms with van der Waals surface area (Å²) in [6.07, 6.45) is 0.